The molecule has 0 N–H and O–H groups in total. The molecule has 0 fully saturated rings. The Balaban J connectivity index is 1.99. The van der Waals surface area contributed by atoms with E-state index in [1.54, 1.807) is 18.2 Å². The van der Waals surface area contributed by atoms with Crippen LogP contribution in [0.2, 0.25) is 0 Å². The number of carbonyl (C=O) groups excluding carboxylic acids is 1. The maximum absolute atomic E-state index is 12.9. The molecule has 2 aliphatic rings. The van der Waals surface area contributed by atoms with Gasteiger partial charge < -0.3 is 9.47 Å². The summed E-state index contributed by atoms with van der Waals surface area (Å²) in [6, 6.07) is 8.58. The molecule has 0 unspecified atom stereocenters. The van der Waals surface area contributed by atoms with Crippen LogP contribution in [0.3, 0.4) is 0 Å². The van der Waals surface area contributed by atoms with E-state index in [9.17, 15) is 14.9 Å². The Kier molecular flexibility index (Phi) is 3.62. The second-order valence-electron chi connectivity index (χ2n) is 7.44. The summed E-state index contributed by atoms with van der Waals surface area (Å²) >= 11 is 0. The zero-order valence-electron chi connectivity index (χ0n) is 14.7. The van der Waals surface area contributed by atoms with Crippen LogP contribution in [0.25, 0.3) is 5.69 Å². The normalized spacial score (nSPS) is 17.3. The van der Waals surface area contributed by atoms with E-state index in [2.05, 4.69) is 0 Å². The van der Waals surface area contributed by atoms with Gasteiger partial charge in [-0.15, -0.1) is 0 Å². The summed E-state index contributed by atoms with van der Waals surface area (Å²) in [6.45, 7) is 4.93. The van der Waals surface area contributed by atoms with Crippen LogP contribution in [0, 0.1) is 16.7 Å². The van der Waals surface area contributed by atoms with E-state index in [1.807, 2.05) is 19.9 Å². The van der Waals surface area contributed by atoms with Crippen LogP contribution in [0.1, 0.15) is 41.9 Å². The highest BCUT2D eigenvalue weighted by Crippen LogP contribution is 2.37. The number of fused-ring (bicyclic) bond motifs is 2. The fraction of sp³-hybridized carbons (Fsp3) is 0.350. The Morgan fingerprint density at radius 2 is 1.81 bits per heavy atom. The number of rotatable bonds is 1. The first kappa shape index (κ1) is 16.4. The molecule has 1 aromatic heterocycles. The molecule has 2 aromatic rings. The predicted molar refractivity (Wildman–Crippen MR) is 94.2 cm³/mol. The van der Waals surface area contributed by atoms with Crippen LogP contribution in [0.4, 0.5) is 0 Å². The quantitative estimate of drug-likeness (QED) is 0.790. The molecule has 2 heterocycles. The van der Waals surface area contributed by atoms with E-state index in [4.69, 9.17) is 9.47 Å². The number of hydrogen-bond donors (Lipinski definition) is 0. The van der Waals surface area contributed by atoms with Gasteiger partial charge >= 0.3 is 0 Å². The first-order valence-corrected chi connectivity index (χ1v) is 8.52. The number of Topliss-reactive ketones (excluding diaryl/α,β-unsaturated/α-hetero) is 1. The van der Waals surface area contributed by atoms with Crippen LogP contribution >= 0.6 is 0 Å². The van der Waals surface area contributed by atoms with Crippen molar-refractivity contribution < 1.29 is 14.3 Å². The summed E-state index contributed by atoms with van der Waals surface area (Å²) in [7, 11) is 0. The highest BCUT2D eigenvalue weighted by molar-refractivity contribution is 5.99. The molecule has 0 amide bonds. The van der Waals surface area contributed by atoms with Gasteiger partial charge in [0.25, 0.3) is 5.56 Å². The number of aromatic nitrogens is 1. The second-order valence-corrected chi connectivity index (χ2v) is 7.44. The average molecular weight is 350 g/mol. The number of nitrogens with zero attached hydrogens (tertiary/aromatic N) is 2. The van der Waals surface area contributed by atoms with E-state index in [-0.39, 0.29) is 16.8 Å². The van der Waals surface area contributed by atoms with Gasteiger partial charge in [-0.05, 0) is 30.0 Å². The molecule has 26 heavy (non-hydrogen) atoms. The van der Waals surface area contributed by atoms with Crippen molar-refractivity contribution in [3.05, 3.63) is 51.4 Å². The Morgan fingerprint density at radius 3 is 2.54 bits per heavy atom. The Bertz CT molecular complexity index is 1030. The monoisotopic (exact) mass is 350 g/mol. The molecule has 0 bridgehead atoms. The highest BCUT2D eigenvalue weighted by Gasteiger charge is 2.34. The van der Waals surface area contributed by atoms with Crippen LogP contribution in [0.5, 0.6) is 11.5 Å². The third-order valence-electron chi connectivity index (χ3n) is 4.79. The summed E-state index contributed by atoms with van der Waals surface area (Å²) in [4.78, 5) is 25.5. The third-order valence-corrected chi connectivity index (χ3v) is 4.79. The van der Waals surface area contributed by atoms with Gasteiger partial charge in [-0.1, -0.05) is 13.8 Å². The number of pyridine rings is 1. The number of ketones is 1. The molecule has 4 rings (SSSR count). The number of benzene rings is 1. The zero-order valence-corrected chi connectivity index (χ0v) is 14.7. The SMILES string of the molecule is CC1(C)CC(=O)c2cc(C#N)c(=O)n(-c3ccc4c(c3)OCCO4)c2C1. The van der Waals surface area contributed by atoms with Gasteiger partial charge in [-0.3, -0.25) is 14.2 Å². The number of ether oxygens (including phenoxy) is 2. The molecule has 0 spiro atoms. The van der Waals surface area contributed by atoms with Crippen molar-refractivity contribution in [3.63, 3.8) is 0 Å². The van der Waals surface area contributed by atoms with Crippen LogP contribution in [-0.2, 0) is 6.42 Å². The van der Waals surface area contributed by atoms with Gasteiger partial charge in [0.05, 0.1) is 5.69 Å². The number of carbonyl (C=O) groups is 1. The molecule has 0 radical (unpaired) electrons. The van der Waals surface area contributed by atoms with Crippen LogP contribution in [-0.4, -0.2) is 23.6 Å². The number of hydrogen-bond acceptors (Lipinski definition) is 5. The molecule has 6 nitrogen and oxygen atoms in total. The minimum Gasteiger partial charge on any atom is -0.486 e. The van der Waals surface area contributed by atoms with Gasteiger partial charge in [0.2, 0.25) is 0 Å². The first-order chi connectivity index (χ1) is 12.4. The summed E-state index contributed by atoms with van der Waals surface area (Å²) < 4.78 is 12.6. The van der Waals surface area contributed by atoms with E-state index in [1.165, 1.54) is 10.6 Å². The molecule has 1 aliphatic heterocycles. The zero-order chi connectivity index (χ0) is 18.5. The third kappa shape index (κ3) is 2.57. The molecule has 0 saturated carbocycles. The highest BCUT2D eigenvalue weighted by atomic mass is 16.6. The van der Waals surface area contributed by atoms with Gasteiger partial charge in [-0.25, -0.2) is 0 Å². The van der Waals surface area contributed by atoms with Gasteiger partial charge in [-0.2, -0.15) is 5.26 Å². The minimum atomic E-state index is -0.423. The van der Waals surface area contributed by atoms with Gasteiger partial charge in [0.15, 0.2) is 17.3 Å². The van der Waals surface area contributed by atoms with Crippen molar-refractivity contribution in [3.8, 4) is 23.3 Å². The van der Waals surface area contributed by atoms with Crippen LogP contribution < -0.4 is 15.0 Å². The summed E-state index contributed by atoms with van der Waals surface area (Å²) in [5.74, 6) is 1.13. The average Bonchev–Trinajstić information content (AvgIpc) is 2.60. The lowest BCUT2D eigenvalue weighted by Crippen LogP contribution is -2.35. The molecular formula is C20H18N2O4. The van der Waals surface area contributed by atoms with Gasteiger partial charge in [0.1, 0.15) is 24.8 Å². The molecule has 132 valence electrons. The molecular weight excluding hydrogens is 332 g/mol. The molecule has 0 saturated heterocycles. The summed E-state index contributed by atoms with van der Waals surface area (Å²) in [6.07, 6.45) is 0.966. The predicted octanol–water partition coefficient (Wildman–Crippen LogP) is 2.64. The Labute approximate surface area is 150 Å². The van der Waals surface area contributed by atoms with Gasteiger partial charge in [0, 0.05) is 23.7 Å². The topological polar surface area (TPSA) is 81.3 Å². The van der Waals surface area contributed by atoms with Crippen molar-refractivity contribution >= 4 is 5.78 Å². The maximum atomic E-state index is 12.9. The molecule has 0 atom stereocenters. The van der Waals surface area contributed by atoms with Crippen LogP contribution in [0.15, 0.2) is 29.1 Å². The van der Waals surface area contributed by atoms with E-state index >= 15 is 0 Å². The van der Waals surface area contributed by atoms with E-state index in [0.717, 1.165) is 0 Å². The largest absolute Gasteiger partial charge is 0.486 e. The first-order valence-electron chi connectivity index (χ1n) is 8.52. The van der Waals surface area contributed by atoms with Crippen molar-refractivity contribution in [2.75, 3.05) is 13.2 Å². The van der Waals surface area contributed by atoms with E-state index < -0.39 is 5.56 Å². The number of nitriles is 1. The van der Waals surface area contributed by atoms with Crippen molar-refractivity contribution in [2.45, 2.75) is 26.7 Å². The maximum Gasteiger partial charge on any atom is 0.273 e. The smallest absolute Gasteiger partial charge is 0.273 e. The fourth-order valence-corrected chi connectivity index (χ4v) is 3.64. The Hall–Kier alpha value is -3.07. The van der Waals surface area contributed by atoms with Crippen molar-refractivity contribution in [2.24, 2.45) is 5.41 Å². The van der Waals surface area contributed by atoms with E-state index in [0.29, 0.717) is 54.5 Å². The van der Waals surface area contributed by atoms with Crippen molar-refractivity contribution in [1.29, 1.82) is 5.26 Å². The second kappa shape index (κ2) is 5.73. The molecule has 1 aliphatic carbocycles. The lowest BCUT2D eigenvalue weighted by molar-refractivity contribution is 0.0908. The summed E-state index contributed by atoms with van der Waals surface area (Å²) in [5, 5.41) is 9.35. The summed E-state index contributed by atoms with van der Waals surface area (Å²) in [5.41, 5.74) is 0.959. The lowest BCUT2D eigenvalue weighted by atomic mass is 9.75. The standard InChI is InChI=1S/C20H18N2O4/c1-20(2)9-15-14(16(23)10-20)7-12(11-21)19(24)22(15)13-3-4-17-18(8-13)26-6-5-25-17/h3-4,7-8H,5-6,9-10H2,1-2H3. The molecule has 6 heteroatoms. The minimum absolute atomic E-state index is 0.0355. The van der Waals surface area contributed by atoms with Crippen molar-refractivity contribution in [1.82, 2.24) is 4.57 Å². The Morgan fingerprint density at radius 1 is 1.08 bits per heavy atom. The lowest BCUT2D eigenvalue weighted by Gasteiger charge is -2.32. The molecule has 1 aromatic carbocycles. The fourth-order valence-electron chi connectivity index (χ4n) is 3.64.